The Hall–Kier alpha value is -3.07. The van der Waals surface area contributed by atoms with Gasteiger partial charge in [-0.3, -0.25) is 4.79 Å². The Balaban J connectivity index is 1.56. The first kappa shape index (κ1) is 17.7. The number of hydrogen-bond acceptors (Lipinski definition) is 3. The Kier molecular flexibility index (Phi) is 6.05. The fourth-order valence-corrected chi connectivity index (χ4v) is 2.71. The molecular weight excluding hydrogens is 324 g/mol. The van der Waals surface area contributed by atoms with Gasteiger partial charge in [-0.25, -0.2) is 0 Å². The smallest absolute Gasteiger partial charge is 0.305 e. The number of aryl methyl sites for hydroxylation is 1. The van der Waals surface area contributed by atoms with Crippen molar-refractivity contribution in [2.24, 2.45) is 0 Å². The Morgan fingerprint density at radius 3 is 1.88 bits per heavy atom. The zero-order valence-electron chi connectivity index (χ0n) is 14.9. The lowest BCUT2D eigenvalue weighted by atomic mass is 10.0. The van der Waals surface area contributed by atoms with E-state index in [1.165, 1.54) is 18.2 Å². The number of hydrogen-bond donors (Lipinski definition) is 0. The highest BCUT2D eigenvalue weighted by Crippen LogP contribution is 2.22. The summed E-state index contributed by atoms with van der Waals surface area (Å²) in [6, 6.07) is 26.3. The summed E-state index contributed by atoms with van der Waals surface area (Å²) in [4.78, 5) is 11.2. The number of ether oxygens (including phenoxy) is 2. The van der Waals surface area contributed by atoms with E-state index in [1.54, 1.807) is 0 Å². The number of para-hydroxylation sites is 1. The molecule has 0 saturated heterocycles. The average molecular weight is 346 g/mol. The average Bonchev–Trinajstić information content (AvgIpc) is 2.69. The third-order valence-electron chi connectivity index (χ3n) is 4.18. The molecule has 0 radical (unpaired) electrons. The maximum atomic E-state index is 11.2. The van der Waals surface area contributed by atoms with Gasteiger partial charge in [0.15, 0.2) is 0 Å². The molecule has 3 aromatic rings. The molecule has 0 spiro atoms. The predicted molar refractivity (Wildman–Crippen MR) is 103 cm³/mol. The number of benzene rings is 3. The van der Waals surface area contributed by atoms with Crippen molar-refractivity contribution in [2.45, 2.75) is 19.3 Å². The summed E-state index contributed by atoms with van der Waals surface area (Å²) in [5, 5.41) is 0. The summed E-state index contributed by atoms with van der Waals surface area (Å²) in [5.41, 5.74) is 3.61. The van der Waals surface area contributed by atoms with E-state index in [0.717, 1.165) is 23.5 Å². The van der Waals surface area contributed by atoms with Gasteiger partial charge in [0.1, 0.15) is 11.5 Å². The van der Waals surface area contributed by atoms with Crippen LogP contribution in [-0.4, -0.2) is 13.1 Å². The van der Waals surface area contributed by atoms with Crippen molar-refractivity contribution in [3.8, 4) is 11.5 Å². The molecule has 0 aliphatic carbocycles. The Labute approximate surface area is 154 Å². The zero-order valence-corrected chi connectivity index (χ0v) is 14.9. The molecule has 3 heteroatoms. The molecule has 3 aromatic carbocycles. The van der Waals surface area contributed by atoms with Gasteiger partial charge in [-0.2, -0.15) is 0 Å². The van der Waals surface area contributed by atoms with Crippen molar-refractivity contribution in [2.75, 3.05) is 7.11 Å². The molecule has 0 bridgehead atoms. The molecule has 0 aliphatic rings. The third-order valence-corrected chi connectivity index (χ3v) is 4.18. The number of methoxy groups -OCH3 is 1. The summed E-state index contributed by atoms with van der Waals surface area (Å²) < 4.78 is 10.5. The second-order valence-corrected chi connectivity index (χ2v) is 6.13. The molecule has 132 valence electrons. The Bertz CT molecular complexity index is 822. The van der Waals surface area contributed by atoms with Crippen LogP contribution in [0.2, 0.25) is 0 Å². The van der Waals surface area contributed by atoms with Crippen LogP contribution >= 0.6 is 0 Å². The first-order valence-corrected chi connectivity index (χ1v) is 8.69. The molecule has 0 N–H and O–H groups in total. The van der Waals surface area contributed by atoms with E-state index in [1.807, 2.05) is 42.5 Å². The molecule has 0 unspecified atom stereocenters. The van der Waals surface area contributed by atoms with Crippen molar-refractivity contribution < 1.29 is 14.3 Å². The molecule has 0 saturated carbocycles. The molecule has 26 heavy (non-hydrogen) atoms. The molecule has 0 amide bonds. The summed E-state index contributed by atoms with van der Waals surface area (Å²) in [6.07, 6.45) is 1.99. The van der Waals surface area contributed by atoms with Crippen molar-refractivity contribution in [1.82, 2.24) is 0 Å². The molecule has 0 heterocycles. The normalized spacial score (nSPS) is 10.3. The highest BCUT2D eigenvalue weighted by molar-refractivity contribution is 5.69. The van der Waals surface area contributed by atoms with E-state index in [9.17, 15) is 4.79 Å². The highest BCUT2D eigenvalue weighted by Gasteiger charge is 2.03. The predicted octanol–water partition coefficient (Wildman–Crippen LogP) is 5.18. The zero-order chi connectivity index (χ0) is 18.2. The molecule has 3 rings (SSSR count). The summed E-state index contributed by atoms with van der Waals surface area (Å²) >= 11 is 0. The number of esters is 1. The van der Waals surface area contributed by atoms with Crippen molar-refractivity contribution in [1.29, 1.82) is 0 Å². The minimum Gasteiger partial charge on any atom is -0.469 e. The second-order valence-electron chi connectivity index (χ2n) is 6.13. The minimum absolute atomic E-state index is 0.174. The van der Waals surface area contributed by atoms with E-state index < -0.39 is 0 Å². The van der Waals surface area contributed by atoms with Gasteiger partial charge in [0.05, 0.1) is 7.11 Å². The van der Waals surface area contributed by atoms with Crippen LogP contribution in [0.25, 0.3) is 0 Å². The van der Waals surface area contributed by atoms with Crippen molar-refractivity contribution in [3.63, 3.8) is 0 Å². The molecule has 0 fully saturated rings. The van der Waals surface area contributed by atoms with E-state index in [2.05, 4.69) is 41.1 Å². The van der Waals surface area contributed by atoms with Crippen LogP contribution in [0.1, 0.15) is 23.1 Å². The van der Waals surface area contributed by atoms with Crippen LogP contribution in [0.5, 0.6) is 11.5 Å². The monoisotopic (exact) mass is 346 g/mol. The minimum atomic E-state index is -0.174. The first-order chi connectivity index (χ1) is 12.7. The lowest BCUT2D eigenvalue weighted by molar-refractivity contribution is -0.140. The van der Waals surface area contributed by atoms with Gasteiger partial charge < -0.3 is 9.47 Å². The number of rotatable bonds is 7. The van der Waals surface area contributed by atoms with Gasteiger partial charge in [-0.05, 0) is 53.8 Å². The van der Waals surface area contributed by atoms with E-state index in [-0.39, 0.29) is 5.97 Å². The van der Waals surface area contributed by atoms with E-state index >= 15 is 0 Å². The van der Waals surface area contributed by atoms with E-state index in [0.29, 0.717) is 12.8 Å². The lowest BCUT2D eigenvalue weighted by Crippen LogP contribution is -2.01. The van der Waals surface area contributed by atoms with Gasteiger partial charge in [-0.1, -0.05) is 54.6 Å². The molecule has 0 aliphatic heterocycles. The van der Waals surface area contributed by atoms with Crippen LogP contribution < -0.4 is 4.74 Å². The summed E-state index contributed by atoms with van der Waals surface area (Å²) in [7, 11) is 1.42. The van der Waals surface area contributed by atoms with Gasteiger partial charge in [-0.15, -0.1) is 0 Å². The van der Waals surface area contributed by atoms with Gasteiger partial charge in [0.2, 0.25) is 0 Å². The van der Waals surface area contributed by atoms with Gasteiger partial charge in [0, 0.05) is 6.42 Å². The van der Waals surface area contributed by atoms with Crippen LogP contribution in [0.3, 0.4) is 0 Å². The van der Waals surface area contributed by atoms with Gasteiger partial charge in [0.25, 0.3) is 0 Å². The molecule has 0 aromatic heterocycles. The number of carbonyl (C=O) groups excluding carboxylic acids is 1. The lowest BCUT2D eigenvalue weighted by Gasteiger charge is -2.07. The van der Waals surface area contributed by atoms with Crippen LogP contribution in [0, 0.1) is 0 Å². The maximum Gasteiger partial charge on any atom is 0.305 e. The SMILES string of the molecule is COC(=O)CCc1ccc(Cc2ccc(Oc3ccccc3)cc2)cc1. The number of carbonyl (C=O) groups is 1. The summed E-state index contributed by atoms with van der Waals surface area (Å²) in [5.74, 6) is 1.49. The Morgan fingerprint density at radius 2 is 1.27 bits per heavy atom. The van der Waals surface area contributed by atoms with Crippen LogP contribution in [0.15, 0.2) is 78.9 Å². The van der Waals surface area contributed by atoms with Crippen molar-refractivity contribution >= 4 is 5.97 Å². The van der Waals surface area contributed by atoms with Crippen LogP contribution in [-0.2, 0) is 22.4 Å². The fourth-order valence-electron chi connectivity index (χ4n) is 2.71. The Morgan fingerprint density at radius 1 is 0.731 bits per heavy atom. The topological polar surface area (TPSA) is 35.5 Å². The molecular formula is C23H22O3. The highest BCUT2D eigenvalue weighted by atomic mass is 16.5. The largest absolute Gasteiger partial charge is 0.469 e. The maximum absolute atomic E-state index is 11.2. The fraction of sp³-hybridized carbons (Fsp3) is 0.174. The third kappa shape index (κ3) is 5.21. The first-order valence-electron chi connectivity index (χ1n) is 8.69. The second kappa shape index (κ2) is 8.86. The van der Waals surface area contributed by atoms with E-state index in [4.69, 9.17) is 4.74 Å². The van der Waals surface area contributed by atoms with Crippen molar-refractivity contribution in [3.05, 3.63) is 95.6 Å². The standard InChI is InChI=1S/C23H22O3/c1-25-23(24)16-13-18-7-9-19(10-8-18)17-20-11-14-22(15-12-20)26-21-5-3-2-4-6-21/h2-12,14-15H,13,16-17H2,1H3. The quantitative estimate of drug-likeness (QED) is 0.553. The summed E-state index contributed by atoms with van der Waals surface area (Å²) in [6.45, 7) is 0. The van der Waals surface area contributed by atoms with Crippen LogP contribution in [0.4, 0.5) is 0 Å². The molecule has 0 atom stereocenters. The molecule has 3 nitrogen and oxygen atoms in total. The van der Waals surface area contributed by atoms with Gasteiger partial charge >= 0.3 is 5.97 Å².